The Labute approximate surface area is 122 Å². The molecule has 1 fully saturated rings. The minimum atomic E-state index is -0.407. The topological polar surface area (TPSA) is 61.4 Å². The van der Waals surface area contributed by atoms with Crippen LogP contribution in [0.15, 0.2) is 12.1 Å². The molecule has 3 N–H and O–H groups in total. The van der Waals surface area contributed by atoms with Crippen LogP contribution in [0.3, 0.4) is 0 Å². The standard InChI is InChI=1S/C13H19ClN2O2S/c14-12-6-5-9(19-12)7-8-15-13(18)16-10-3-1-2-4-11(10)17/h5-6,10-11,17H,1-4,7-8H2,(H2,15,16,18). The lowest BCUT2D eigenvalue weighted by Crippen LogP contribution is -2.49. The molecule has 0 spiro atoms. The molecule has 2 unspecified atom stereocenters. The monoisotopic (exact) mass is 302 g/mol. The van der Waals surface area contributed by atoms with E-state index in [1.807, 2.05) is 12.1 Å². The number of aliphatic hydroxyl groups excluding tert-OH is 1. The minimum absolute atomic E-state index is 0.107. The van der Waals surface area contributed by atoms with Gasteiger partial charge in [-0.15, -0.1) is 11.3 Å². The van der Waals surface area contributed by atoms with Gasteiger partial charge in [-0.3, -0.25) is 0 Å². The van der Waals surface area contributed by atoms with Gasteiger partial charge in [0.1, 0.15) is 0 Å². The van der Waals surface area contributed by atoms with Crippen LogP contribution in [0.4, 0.5) is 4.79 Å². The zero-order chi connectivity index (χ0) is 13.7. The molecule has 4 nitrogen and oxygen atoms in total. The summed E-state index contributed by atoms with van der Waals surface area (Å²) in [7, 11) is 0. The molecular formula is C13H19ClN2O2S. The molecule has 19 heavy (non-hydrogen) atoms. The maximum Gasteiger partial charge on any atom is 0.315 e. The molecule has 0 saturated heterocycles. The van der Waals surface area contributed by atoms with E-state index in [0.717, 1.165) is 41.3 Å². The summed E-state index contributed by atoms with van der Waals surface area (Å²) in [6, 6.07) is 3.52. The van der Waals surface area contributed by atoms with Crippen LogP contribution >= 0.6 is 22.9 Å². The fourth-order valence-corrected chi connectivity index (χ4v) is 3.37. The van der Waals surface area contributed by atoms with Gasteiger partial charge in [0, 0.05) is 11.4 Å². The van der Waals surface area contributed by atoms with Crippen molar-refractivity contribution < 1.29 is 9.90 Å². The minimum Gasteiger partial charge on any atom is -0.391 e. The van der Waals surface area contributed by atoms with Crippen molar-refractivity contribution in [3.63, 3.8) is 0 Å². The van der Waals surface area contributed by atoms with Gasteiger partial charge < -0.3 is 15.7 Å². The number of rotatable bonds is 4. The summed E-state index contributed by atoms with van der Waals surface area (Å²) in [5.41, 5.74) is 0. The van der Waals surface area contributed by atoms with Crippen LogP contribution in [0, 0.1) is 0 Å². The fourth-order valence-electron chi connectivity index (χ4n) is 2.28. The van der Waals surface area contributed by atoms with E-state index >= 15 is 0 Å². The van der Waals surface area contributed by atoms with Crippen LogP contribution in [-0.2, 0) is 6.42 Å². The molecule has 1 aliphatic carbocycles. The molecule has 1 aromatic heterocycles. The molecule has 2 amide bonds. The Morgan fingerprint density at radius 3 is 2.89 bits per heavy atom. The maximum atomic E-state index is 11.7. The number of carbonyl (C=O) groups is 1. The first-order chi connectivity index (χ1) is 9.15. The second kappa shape index (κ2) is 7.12. The van der Waals surface area contributed by atoms with Crippen LogP contribution in [0.5, 0.6) is 0 Å². The maximum absolute atomic E-state index is 11.7. The van der Waals surface area contributed by atoms with Gasteiger partial charge in [0.2, 0.25) is 0 Å². The second-order valence-corrected chi connectivity index (χ2v) is 6.61. The van der Waals surface area contributed by atoms with Gasteiger partial charge >= 0.3 is 6.03 Å². The highest BCUT2D eigenvalue weighted by Gasteiger charge is 2.24. The van der Waals surface area contributed by atoms with E-state index in [-0.39, 0.29) is 12.1 Å². The smallest absolute Gasteiger partial charge is 0.315 e. The summed E-state index contributed by atoms with van der Waals surface area (Å²) in [5.74, 6) is 0. The van der Waals surface area contributed by atoms with Gasteiger partial charge in [0.25, 0.3) is 0 Å². The van der Waals surface area contributed by atoms with Crippen LogP contribution in [0.1, 0.15) is 30.6 Å². The molecule has 2 rings (SSSR count). The fraction of sp³-hybridized carbons (Fsp3) is 0.615. The Kier molecular flexibility index (Phi) is 5.48. The van der Waals surface area contributed by atoms with Crippen molar-refractivity contribution in [3.8, 4) is 0 Å². The number of thiophene rings is 1. The first-order valence-electron chi connectivity index (χ1n) is 6.62. The van der Waals surface area contributed by atoms with Crippen LogP contribution in [0.25, 0.3) is 0 Å². The largest absolute Gasteiger partial charge is 0.391 e. The summed E-state index contributed by atoms with van der Waals surface area (Å²) >= 11 is 7.37. The van der Waals surface area contributed by atoms with Crippen molar-refractivity contribution in [1.29, 1.82) is 0 Å². The molecule has 0 bridgehead atoms. The van der Waals surface area contributed by atoms with Gasteiger partial charge in [0.05, 0.1) is 16.5 Å². The van der Waals surface area contributed by atoms with Gasteiger partial charge in [0.15, 0.2) is 0 Å². The summed E-state index contributed by atoms with van der Waals surface area (Å²) in [5, 5.41) is 15.4. The Bertz CT molecular complexity index is 425. The third-order valence-electron chi connectivity index (χ3n) is 3.33. The molecule has 2 atom stereocenters. The van der Waals surface area contributed by atoms with Gasteiger partial charge in [-0.1, -0.05) is 24.4 Å². The zero-order valence-corrected chi connectivity index (χ0v) is 12.3. The van der Waals surface area contributed by atoms with Crippen molar-refractivity contribution >= 4 is 29.0 Å². The van der Waals surface area contributed by atoms with E-state index in [1.54, 1.807) is 0 Å². The number of aliphatic hydroxyl groups is 1. The highest BCUT2D eigenvalue weighted by atomic mass is 35.5. The first-order valence-corrected chi connectivity index (χ1v) is 7.81. The Morgan fingerprint density at radius 2 is 2.21 bits per heavy atom. The van der Waals surface area contributed by atoms with E-state index in [4.69, 9.17) is 11.6 Å². The predicted octanol–water partition coefficient (Wildman–Crippen LogP) is 2.55. The number of hydrogen-bond acceptors (Lipinski definition) is 3. The number of hydrogen-bond donors (Lipinski definition) is 3. The van der Waals surface area contributed by atoms with E-state index in [2.05, 4.69) is 10.6 Å². The highest BCUT2D eigenvalue weighted by molar-refractivity contribution is 7.16. The van der Waals surface area contributed by atoms with Crippen molar-refractivity contribution in [2.45, 2.75) is 44.2 Å². The molecular weight excluding hydrogens is 284 g/mol. The van der Waals surface area contributed by atoms with E-state index < -0.39 is 6.10 Å². The second-order valence-electron chi connectivity index (χ2n) is 4.81. The predicted molar refractivity (Wildman–Crippen MR) is 77.8 cm³/mol. The lowest BCUT2D eigenvalue weighted by atomic mass is 9.93. The number of urea groups is 1. The summed E-state index contributed by atoms with van der Waals surface area (Å²) in [4.78, 5) is 12.9. The Hall–Kier alpha value is -0.780. The zero-order valence-electron chi connectivity index (χ0n) is 10.7. The Balaban J connectivity index is 1.66. The molecule has 1 heterocycles. The molecule has 1 aliphatic rings. The Morgan fingerprint density at radius 1 is 1.42 bits per heavy atom. The normalized spacial score (nSPS) is 23.1. The molecule has 1 aromatic rings. The number of nitrogens with one attached hydrogen (secondary N) is 2. The highest BCUT2D eigenvalue weighted by Crippen LogP contribution is 2.21. The SMILES string of the molecule is O=C(NCCc1ccc(Cl)s1)NC1CCCCC1O. The quantitative estimate of drug-likeness (QED) is 0.800. The van der Waals surface area contributed by atoms with Crippen molar-refractivity contribution in [1.82, 2.24) is 10.6 Å². The van der Waals surface area contributed by atoms with E-state index in [9.17, 15) is 9.90 Å². The van der Waals surface area contributed by atoms with E-state index in [1.165, 1.54) is 11.3 Å². The third-order valence-corrected chi connectivity index (χ3v) is 4.62. The van der Waals surface area contributed by atoms with Crippen LogP contribution in [0.2, 0.25) is 4.34 Å². The molecule has 106 valence electrons. The summed E-state index contributed by atoms with van der Waals surface area (Å²) < 4.78 is 0.768. The molecule has 1 saturated carbocycles. The van der Waals surface area contributed by atoms with Crippen molar-refractivity contribution in [2.24, 2.45) is 0 Å². The van der Waals surface area contributed by atoms with Crippen LogP contribution in [-0.4, -0.2) is 29.8 Å². The number of amides is 2. The molecule has 0 radical (unpaired) electrons. The van der Waals surface area contributed by atoms with Crippen LogP contribution < -0.4 is 10.6 Å². The van der Waals surface area contributed by atoms with Crippen molar-refractivity contribution in [3.05, 3.63) is 21.3 Å². The molecule has 6 heteroatoms. The molecule has 0 aliphatic heterocycles. The van der Waals surface area contributed by atoms with Gasteiger partial charge in [-0.25, -0.2) is 4.79 Å². The lowest BCUT2D eigenvalue weighted by molar-refractivity contribution is 0.0943. The molecule has 0 aromatic carbocycles. The first kappa shape index (κ1) is 14.6. The third kappa shape index (κ3) is 4.67. The average Bonchev–Trinajstić information content (AvgIpc) is 2.78. The van der Waals surface area contributed by atoms with Gasteiger partial charge in [-0.05, 0) is 31.4 Å². The number of carbonyl (C=O) groups excluding carboxylic acids is 1. The van der Waals surface area contributed by atoms with E-state index in [0.29, 0.717) is 6.54 Å². The summed E-state index contributed by atoms with van der Waals surface area (Å²) in [6.45, 7) is 0.575. The lowest BCUT2D eigenvalue weighted by Gasteiger charge is -2.28. The number of halogens is 1. The average molecular weight is 303 g/mol. The summed E-state index contributed by atoms with van der Waals surface area (Å²) in [6.07, 6.45) is 4.11. The van der Waals surface area contributed by atoms with Gasteiger partial charge in [-0.2, -0.15) is 0 Å². The van der Waals surface area contributed by atoms with Crippen molar-refractivity contribution in [2.75, 3.05) is 6.54 Å².